The number of carbonyl (C=O) groups excluding carboxylic acids is 2. The zero-order valence-corrected chi connectivity index (χ0v) is 15.9. The van der Waals surface area contributed by atoms with Gasteiger partial charge in [0.05, 0.1) is 13.2 Å². The summed E-state index contributed by atoms with van der Waals surface area (Å²) in [6.07, 6.45) is 2.11. The number of esters is 1. The molecule has 0 radical (unpaired) electrons. The second-order valence-electron chi connectivity index (χ2n) is 6.06. The van der Waals surface area contributed by atoms with Crippen LogP contribution in [0.15, 0.2) is 47.9 Å². The molecule has 0 bridgehead atoms. The van der Waals surface area contributed by atoms with Crippen molar-refractivity contribution in [3.05, 3.63) is 52.7 Å². The monoisotopic (exact) mass is 386 g/mol. The van der Waals surface area contributed by atoms with Crippen molar-refractivity contribution in [3.63, 3.8) is 0 Å². The third-order valence-corrected chi connectivity index (χ3v) is 4.94. The molecule has 0 saturated carbocycles. The van der Waals surface area contributed by atoms with Crippen LogP contribution in [-0.4, -0.2) is 44.3 Å². The fourth-order valence-electron chi connectivity index (χ4n) is 2.62. The Morgan fingerprint density at radius 3 is 2.63 bits per heavy atom. The van der Waals surface area contributed by atoms with E-state index in [2.05, 4.69) is 10.2 Å². The quantitative estimate of drug-likeness (QED) is 0.610. The summed E-state index contributed by atoms with van der Waals surface area (Å²) in [5.41, 5.74) is 1.75. The third-order valence-electron chi connectivity index (χ3n) is 4.10. The van der Waals surface area contributed by atoms with Gasteiger partial charge in [-0.3, -0.25) is 4.79 Å². The van der Waals surface area contributed by atoms with E-state index < -0.39 is 12.1 Å². The molecule has 1 aromatic carbocycles. The molecule has 1 aliphatic rings. The Balaban J connectivity index is 1.49. The summed E-state index contributed by atoms with van der Waals surface area (Å²) in [6, 6.07) is 11.4. The van der Waals surface area contributed by atoms with Gasteiger partial charge < -0.3 is 19.7 Å². The van der Waals surface area contributed by atoms with Crippen molar-refractivity contribution >= 4 is 40.7 Å². The number of thiophene rings is 1. The molecular formula is C20H22N2O4S. The van der Waals surface area contributed by atoms with E-state index >= 15 is 0 Å². The van der Waals surface area contributed by atoms with Crippen LogP contribution in [0, 0.1) is 0 Å². The Morgan fingerprint density at radius 1 is 1.22 bits per heavy atom. The Labute approximate surface area is 162 Å². The van der Waals surface area contributed by atoms with Crippen molar-refractivity contribution in [3.8, 4) is 0 Å². The summed E-state index contributed by atoms with van der Waals surface area (Å²) in [5, 5.41) is 4.69. The molecule has 27 heavy (non-hydrogen) atoms. The average molecular weight is 386 g/mol. The number of morpholine rings is 1. The highest BCUT2D eigenvalue weighted by molar-refractivity contribution is 7.10. The van der Waals surface area contributed by atoms with Crippen molar-refractivity contribution in [2.45, 2.75) is 13.0 Å². The van der Waals surface area contributed by atoms with E-state index in [-0.39, 0.29) is 5.91 Å². The van der Waals surface area contributed by atoms with Gasteiger partial charge in [0.15, 0.2) is 6.10 Å². The maximum atomic E-state index is 12.2. The molecule has 0 spiro atoms. The van der Waals surface area contributed by atoms with Crippen LogP contribution in [0.3, 0.4) is 0 Å². The Hall–Kier alpha value is -2.64. The number of amides is 1. The first-order chi connectivity index (χ1) is 13.1. The molecule has 1 atom stereocenters. The minimum Gasteiger partial charge on any atom is -0.449 e. The van der Waals surface area contributed by atoms with E-state index in [0.29, 0.717) is 5.69 Å². The van der Waals surface area contributed by atoms with E-state index in [4.69, 9.17) is 9.47 Å². The number of hydrogen-bond donors (Lipinski definition) is 1. The second-order valence-corrected chi connectivity index (χ2v) is 7.04. The van der Waals surface area contributed by atoms with Crippen molar-refractivity contribution < 1.29 is 19.1 Å². The van der Waals surface area contributed by atoms with E-state index in [0.717, 1.165) is 36.9 Å². The van der Waals surface area contributed by atoms with Gasteiger partial charge in [0.1, 0.15) is 0 Å². The first-order valence-electron chi connectivity index (χ1n) is 8.77. The standard InChI is InChI=1S/C20H22N2O4S/c1-15(26-19(23)9-8-18-3-2-14-27-18)20(24)21-16-4-6-17(7-5-16)22-10-12-25-13-11-22/h2-9,14-15H,10-13H2,1H3,(H,21,24)/b9-8+/t15-/m1/s1. The summed E-state index contributed by atoms with van der Waals surface area (Å²) in [7, 11) is 0. The lowest BCUT2D eigenvalue weighted by atomic mass is 10.2. The van der Waals surface area contributed by atoms with Crippen molar-refractivity contribution in [1.29, 1.82) is 0 Å². The van der Waals surface area contributed by atoms with Crippen LogP contribution in [0.1, 0.15) is 11.8 Å². The maximum Gasteiger partial charge on any atom is 0.331 e. The minimum atomic E-state index is -0.885. The van der Waals surface area contributed by atoms with Crippen LogP contribution in [0.2, 0.25) is 0 Å². The highest BCUT2D eigenvalue weighted by atomic mass is 32.1. The summed E-state index contributed by atoms with van der Waals surface area (Å²) in [5.74, 6) is -0.916. The van der Waals surface area contributed by atoms with Crippen molar-refractivity contribution in [2.75, 3.05) is 36.5 Å². The molecular weight excluding hydrogens is 364 g/mol. The van der Waals surface area contributed by atoms with Crippen LogP contribution >= 0.6 is 11.3 Å². The molecule has 6 nitrogen and oxygen atoms in total. The zero-order valence-electron chi connectivity index (χ0n) is 15.1. The number of rotatable bonds is 6. The molecule has 1 saturated heterocycles. The number of nitrogens with one attached hydrogen (secondary N) is 1. The van der Waals surface area contributed by atoms with Gasteiger partial charge in [-0.2, -0.15) is 0 Å². The highest BCUT2D eigenvalue weighted by Crippen LogP contribution is 2.19. The lowest BCUT2D eigenvalue weighted by Gasteiger charge is -2.28. The number of carbonyl (C=O) groups is 2. The Morgan fingerprint density at radius 2 is 1.96 bits per heavy atom. The predicted molar refractivity (Wildman–Crippen MR) is 107 cm³/mol. The van der Waals surface area contributed by atoms with Gasteiger partial charge >= 0.3 is 5.97 Å². The number of anilines is 2. The first-order valence-corrected chi connectivity index (χ1v) is 9.65. The van der Waals surface area contributed by atoms with Gasteiger partial charge in [-0.05, 0) is 48.7 Å². The fraction of sp³-hybridized carbons (Fsp3) is 0.300. The molecule has 7 heteroatoms. The molecule has 0 unspecified atom stereocenters. The second kappa shape index (κ2) is 9.34. The lowest BCUT2D eigenvalue weighted by molar-refractivity contribution is -0.148. The maximum absolute atomic E-state index is 12.2. The van der Waals surface area contributed by atoms with Gasteiger partial charge in [-0.1, -0.05) is 6.07 Å². The summed E-state index contributed by atoms with van der Waals surface area (Å²) < 4.78 is 10.5. The highest BCUT2D eigenvalue weighted by Gasteiger charge is 2.17. The van der Waals surface area contributed by atoms with Crippen LogP contribution in [0.25, 0.3) is 6.08 Å². The molecule has 2 heterocycles. The van der Waals surface area contributed by atoms with E-state index in [1.54, 1.807) is 13.0 Å². The first kappa shape index (κ1) is 19.1. The molecule has 0 aliphatic carbocycles. The number of ether oxygens (including phenoxy) is 2. The molecule has 1 N–H and O–H groups in total. The largest absolute Gasteiger partial charge is 0.449 e. The van der Waals surface area contributed by atoms with Crippen LogP contribution < -0.4 is 10.2 Å². The van der Waals surface area contributed by atoms with Gasteiger partial charge in [-0.15, -0.1) is 11.3 Å². The Bertz CT molecular complexity index is 781. The molecule has 1 aromatic heterocycles. The molecule has 1 amide bonds. The van der Waals surface area contributed by atoms with Gasteiger partial charge in [0.25, 0.3) is 5.91 Å². The van der Waals surface area contributed by atoms with Crippen LogP contribution in [-0.2, 0) is 19.1 Å². The number of nitrogens with zero attached hydrogens (tertiary/aromatic N) is 1. The summed E-state index contributed by atoms with van der Waals surface area (Å²) in [4.78, 5) is 27.2. The lowest BCUT2D eigenvalue weighted by Crippen LogP contribution is -2.36. The van der Waals surface area contributed by atoms with Crippen LogP contribution in [0.5, 0.6) is 0 Å². The van der Waals surface area contributed by atoms with Crippen molar-refractivity contribution in [1.82, 2.24) is 0 Å². The minimum absolute atomic E-state index is 0.369. The molecule has 2 aromatic rings. The number of hydrogen-bond acceptors (Lipinski definition) is 6. The summed E-state index contributed by atoms with van der Waals surface area (Å²) in [6.45, 7) is 4.72. The normalized spacial score (nSPS) is 15.5. The van der Waals surface area contributed by atoms with Gasteiger partial charge in [0.2, 0.25) is 0 Å². The van der Waals surface area contributed by atoms with E-state index in [1.165, 1.54) is 17.4 Å². The summed E-state index contributed by atoms with van der Waals surface area (Å²) >= 11 is 1.52. The van der Waals surface area contributed by atoms with Crippen LogP contribution in [0.4, 0.5) is 11.4 Å². The van der Waals surface area contributed by atoms with Gasteiger partial charge in [-0.25, -0.2) is 4.79 Å². The van der Waals surface area contributed by atoms with Crippen molar-refractivity contribution in [2.24, 2.45) is 0 Å². The Kier molecular flexibility index (Phi) is 6.62. The van der Waals surface area contributed by atoms with E-state index in [1.807, 2.05) is 41.8 Å². The van der Waals surface area contributed by atoms with Gasteiger partial charge in [0, 0.05) is 35.4 Å². The SMILES string of the molecule is C[C@@H](OC(=O)/C=C/c1cccs1)C(=O)Nc1ccc(N2CCOCC2)cc1. The molecule has 1 aliphatic heterocycles. The smallest absolute Gasteiger partial charge is 0.331 e. The average Bonchev–Trinajstić information content (AvgIpc) is 3.21. The molecule has 142 valence electrons. The van der Waals surface area contributed by atoms with E-state index in [9.17, 15) is 9.59 Å². The third kappa shape index (κ3) is 5.67. The topological polar surface area (TPSA) is 67.9 Å². The molecule has 1 fully saturated rings. The zero-order chi connectivity index (χ0) is 19.1. The fourth-order valence-corrected chi connectivity index (χ4v) is 3.24. The predicted octanol–water partition coefficient (Wildman–Crippen LogP) is 3.17. The molecule has 3 rings (SSSR count). The number of benzene rings is 1.